The van der Waals surface area contributed by atoms with Crippen molar-refractivity contribution in [3.63, 3.8) is 0 Å². The van der Waals surface area contributed by atoms with Gasteiger partial charge in [0, 0.05) is 6.07 Å². The molecule has 0 spiro atoms. The van der Waals surface area contributed by atoms with Crippen LogP contribution >= 0.6 is 11.3 Å². The van der Waals surface area contributed by atoms with Crippen LogP contribution in [-0.4, -0.2) is 36.9 Å². The molecule has 0 saturated carbocycles. The van der Waals surface area contributed by atoms with Gasteiger partial charge in [0.15, 0.2) is 5.69 Å². The number of pyridine rings is 1. The number of carboxylic acid groups (broad SMARTS) is 1. The van der Waals surface area contributed by atoms with Crippen LogP contribution in [0, 0.1) is 0 Å². The summed E-state index contributed by atoms with van der Waals surface area (Å²) in [7, 11) is 1.44. The molecule has 2 heterocycles. The molecule has 0 aliphatic carbocycles. The van der Waals surface area contributed by atoms with Gasteiger partial charge in [-0.2, -0.15) is 0 Å². The lowest BCUT2D eigenvalue weighted by Crippen LogP contribution is -2.20. The zero-order chi connectivity index (χ0) is 14.7. The van der Waals surface area contributed by atoms with Crippen molar-refractivity contribution in [3.8, 4) is 5.88 Å². The lowest BCUT2D eigenvalue weighted by Gasteiger charge is -2.18. The number of anilines is 2. The number of hydrogen-bond acceptors (Lipinski definition) is 6. The van der Waals surface area contributed by atoms with Gasteiger partial charge in [0.25, 0.3) is 11.3 Å². The third-order valence-electron chi connectivity index (χ3n) is 2.26. The summed E-state index contributed by atoms with van der Waals surface area (Å²) in [6.45, 7) is 0. The normalized spacial score (nSPS) is 11.9. The van der Waals surface area contributed by atoms with E-state index < -0.39 is 17.2 Å². The molecule has 1 atom stereocenters. The van der Waals surface area contributed by atoms with Crippen molar-refractivity contribution in [3.05, 3.63) is 29.5 Å². The summed E-state index contributed by atoms with van der Waals surface area (Å²) in [6, 6.07) is 2.99. The van der Waals surface area contributed by atoms with Crippen LogP contribution in [0.1, 0.15) is 10.5 Å². The average Bonchev–Trinajstić information content (AvgIpc) is 2.88. The molecule has 0 saturated heterocycles. The standard InChI is InChI=1S/C10H9N3O5S2/c1-18-7-3-2-6(4-11-7)13(20(16)17)9-8(10(14)15)12-5-19-9/h2-5H,1H3,(H,14,15)(H,16,17). The number of ether oxygens (including phenoxy) is 1. The monoisotopic (exact) mass is 315 g/mol. The van der Waals surface area contributed by atoms with E-state index in [1.165, 1.54) is 30.9 Å². The van der Waals surface area contributed by atoms with E-state index in [4.69, 9.17) is 9.84 Å². The number of carboxylic acids is 1. The van der Waals surface area contributed by atoms with Gasteiger partial charge in [0.1, 0.15) is 5.00 Å². The molecule has 0 aliphatic heterocycles. The first-order valence-electron chi connectivity index (χ1n) is 5.12. The molecule has 0 aliphatic rings. The number of hydrogen-bond donors (Lipinski definition) is 2. The summed E-state index contributed by atoms with van der Waals surface area (Å²) in [5.41, 5.74) is 1.24. The van der Waals surface area contributed by atoms with Gasteiger partial charge in [-0.1, -0.05) is 0 Å². The molecule has 20 heavy (non-hydrogen) atoms. The summed E-state index contributed by atoms with van der Waals surface area (Å²) in [4.78, 5) is 18.6. The highest BCUT2D eigenvalue weighted by Crippen LogP contribution is 2.33. The lowest BCUT2D eigenvalue weighted by atomic mass is 10.4. The van der Waals surface area contributed by atoms with E-state index in [9.17, 15) is 13.6 Å². The Balaban J connectivity index is 2.47. The van der Waals surface area contributed by atoms with Gasteiger partial charge in [-0.3, -0.25) is 4.55 Å². The second kappa shape index (κ2) is 5.94. The van der Waals surface area contributed by atoms with Gasteiger partial charge in [-0.15, -0.1) is 11.3 Å². The van der Waals surface area contributed by atoms with Crippen LogP contribution in [0.2, 0.25) is 0 Å². The van der Waals surface area contributed by atoms with Gasteiger partial charge < -0.3 is 9.84 Å². The molecule has 106 valence electrons. The topological polar surface area (TPSA) is 113 Å². The highest BCUT2D eigenvalue weighted by molar-refractivity contribution is 7.81. The van der Waals surface area contributed by atoms with Crippen molar-refractivity contribution in [2.75, 3.05) is 11.4 Å². The molecule has 0 fully saturated rings. The van der Waals surface area contributed by atoms with Gasteiger partial charge in [0.05, 0.1) is 24.5 Å². The van der Waals surface area contributed by atoms with Crippen molar-refractivity contribution >= 4 is 39.3 Å². The van der Waals surface area contributed by atoms with Crippen LogP contribution in [0.4, 0.5) is 10.7 Å². The molecule has 2 aromatic rings. The Labute approximate surface area is 120 Å². The van der Waals surface area contributed by atoms with Crippen LogP contribution in [0.25, 0.3) is 0 Å². The maximum atomic E-state index is 11.5. The van der Waals surface area contributed by atoms with Crippen LogP contribution in [0.5, 0.6) is 5.88 Å². The van der Waals surface area contributed by atoms with E-state index in [1.54, 1.807) is 0 Å². The largest absolute Gasteiger partial charge is 0.481 e. The van der Waals surface area contributed by atoms with Crippen molar-refractivity contribution < 1.29 is 23.4 Å². The fourth-order valence-electron chi connectivity index (χ4n) is 1.42. The quantitative estimate of drug-likeness (QED) is 0.804. The Morgan fingerprint density at radius 1 is 1.45 bits per heavy atom. The first kappa shape index (κ1) is 14.4. The van der Waals surface area contributed by atoms with E-state index in [0.717, 1.165) is 15.6 Å². The molecule has 1 unspecified atom stereocenters. The summed E-state index contributed by atoms with van der Waals surface area (Å²) in [5.74, 6) is -0.946. The first-order chi connectivity index (χ1) is 9.54. The fourth-order valence-corrected chi connectivity index (χ4v) is 2.97. The van der Waals surface area contributed by atoms with Crippen molar-refractivity contribution in [2.24, 2.45) is 0 Å². The Bertz CT molecular complexity index is 643. The minimum absolute atomic E-state index is 0.0466. The molecule has 2 rings (SSSR count). The van der Waals surface area contributed by atoms with E-state index in [-0.39, 0.29) is 16.4 Å². The van der Waals surface area contributed by atoms with Gasteiger partial charge in [0.2, 0.25) is 5.88 Å². The van der Waals surface area contributed by atoms with E-state index in [0.29, 0.717) is 5.88 Å². The van der Waals surface area contributed by atoms with Gasteiger partial charge in [-0.25, -0.2) is 23.3 Å². The third kappa shape index (κ3) is 2.76. The van der Waals surface area contributed by atoms with Gasteiger partial charge in [-0.05, 0) is 6.07 Å². The molecule has 0 radical (unpaired) electrons. The maximum Gasteiger partial charge on any atom is 0.357 e. The Kier molecular flexibility index (Phi) is 4.27. The molecule has 2 N–H and O–H groups in total. The molecular weight excluding hydrogens is 306 g/mol. The number of rotatable bonds is 5. The fraction of sp³-hybridized carbons (Fsp3) is 0.100. The molecule has 2 aromatic heterocycles. The van der Waals surface area contributed by atoms with Crippen molar-refractivity contribution in [1.82, 2.24) is 9.97 Å². The number of aromatic carboxylic acids is 1. The highest BCUT2D eigenvalue weighted by atomic mass is 32.2. The summed E-state index contributed by atoms with van der Waals surface area (Å²) in [6.07, 6.45) is 1.30. The summed E-state index contributed by atoms with van der Waals surface area (Å²) >= 11 is -1.52. The predicted octanol–water partition coefficient (Wildman–Crippen LogP) is 1.52. The number of thiazole rings is 1. The Morgan fingerprint density at radius 2 is 2.20 bits per heavy atom. The minimum Gasteiger partial charge on any atom is -0.481 e. The number of nitrogens with zero attached hydrogens (tertiary/aromatic N) is 3. The van der Waals surface area contributed by atoms with Crippen molar-refractivity contribution in [1.29, 1.82) is 0 Å². The Morgan fingerprint density at radius 3 is 2.70 bits per heavy atom. The Hall–Kier alpha value is -2.04. The predicted molar refractivity (Wildman–Crippen MR) is 72.8 cm³/mol. The van der Waals surface area contributed by atoms with Crippen molar-refractivity contribution in [2.45, 2.75) is 0 Å². The zero-order valence-electron chi connectivity index (χ0n) is 10.1. The van der Waals surface area contributed by atoms with E-state index in [1.807, 2.05) is 0 Å². The number of methoxy groups -OCH3 is 1. The SMILES string of the molecule is COc1ccc(N(c2scnc2C(=O)O)S(=O)O)cn1. The lowest BCUT2D eigenvalue weighted by molar-refractivity contribution is 0.0692. The number of aromatic nitrogens is 2. The van der Waals surface area contributed by atoms with Gasteiger partial charge >= 0.3 is 5.97 Å². The average molecular weight is 315 g/mol. The highest BCUT2D eigenvalue weighted by Gasteiger charge is 2.25. The first-order valence-corrected chi connectivity index (χ1v) is 7.07. The third-order valence-corrected chi connectivity index (χ3v) is 3.89. The summed E-state index contributed by atoms with van der Waals surface area (Å²) in [5, 5.41) is 9.06. The molecule has 10 heteroatoms. The van der Waals surface area contributed by atoms with Crippen LogP contribution in [0.3, 0.4) is 0 Å². The second-order valence-corrected chi connectivity index (χ2v) is 5.05. The smallest absolute Gasteiger partial charge is 0.357 e. The molecule has 0 bridgehead atoms. The molecular formula is C10H9N3O5S2. The molecule has 0 amide bonds. The maximum absolute atomic E-state index is 11.5. The van der Waals surface area contributed by atoms with Crippen LogP contribution < -0.4 is 9.04 Å². The van der Waals surface area contributed by atoms with Crippen LogP contribution in [0.15, 0.2) is 23.8 Å². The van der Waals surface area contributed by atoms with Crippen LogP contribution in [-0.2, 0) is 11.3 Å². The summed E-state index contributed by atoms with van der Waals surface area (Å²) < 4.78 is 26.7. The van der Waals surface area contributed by atoms with E-state index in [2.05, 4.69) is 9.97 Å². The minimum atomic E-state index is -2.46. The van der Waals surface area contributed by atoms with E-state index >= 15 is 0 Å². The number of carbonyl (C=O) groups is 1. The second-order valence-electron chi connectivity index (χ2n) is 3.40. The zero-order valence-corrected chi connectivity index (χ0v) is 11.7. The molecule has 0 aromatic carbocycles. The molecule has 8 nitrogen and oxygen atoms in total.